The van der Waals surface area contributed by atoms with Crippen LogP contribution >= 0.6 is 0 Å². The maximum Gasteiger partial charge on any atom is 0.251 e. The Kier molecular flexibility index (Phi) is 4.65. The third-order valence-corrected chi connectivity index (χ3v) is 3.55. The molecule has 0 bridgehead atoms. The fraction of sp³-hybridized carbons (Fsp3) is 0.500. The van der Waals surface area contributed by atoms with Gasteiger partial charge in [0, 0.05) is 12.1 Å². The van der Waals surface area contributed by atoms with Crippen LogP contribution in [0.15, 0.2) is 12.1 Å². The van der Waals surface area contributed by atoms with Gasteiger partial charge in [0.1, 0.15) is 0 Å². The summed E-state index contributed by atoms with van der Waals surface area (Å²) >= 11 is 0. The topological polar surface area (TPSA) is 49.3 Å². The fourth-order valence-electron chi connectivity index (χ4n) is 2.47. The first kappa shape index (κ1) is 14.8. The Morgan fingerprint density at radius 2 is 1.90 bits per heavy atom. The van der Waals surface area contributed by atoms with Gasteiger partial charge in [-0.3, -0.25) is 4.79 Å². The molecule has 0 saturated heterocycles. The van der Waals surface area contributed by atoms with Crippen LogP contribution in [0.3, 0.4) is 0 Å². The van der Waals surface area contributed by atoms with E-state index in [0.717, 1.165) is 19.3 Å². The highest BCUT2D eigenvalue weighted by Gasteiger charge is 2.21. The molecule has 0 aromatic heterocycles. The van der Waals surface area contributed by atoms with Crippen LogP contribution in [0.1, 0.15) is 36.0 Å². The minimum Gasteiger partial charge on any atom is -0.393 e. The molecule has 0 radical (unpaired) electrons. The van der Waals surface area contributed by atoms with E-state index in [1.165, 1.54) is 0 Å². The van der Waals surface area contributed by atoms with Crippen LogP contribution in [-0.4, -0.2) is 23.7 Å². The number of nitrogens with one attached hydrogen (secondary N) is 1. The number of hydrogen-bond acceptors (Lipinski definition) is 2. The lowest BCUT2D eigenvalue weighted by molar-refractivity contribution is 0.0873. The summed E-state index contributed by atoms with van der Waals surface area (Å²) < 4.78 is 38.8. The molecule has 0 heterocycles. The predicted molar refractivity (Wildman–Crippen MR) is 66.6 cm³/mol. The molecule has 0 aliphatic heterocycles. The van der Waals surface area contributed by atoms with Crippen molar-refractivity contribution in [3.8, 4) is 0 Å². The summed E-state index contributed by atoms with van der Waals surface area (Å²) in [6, 6.07) is 1.34. The summed E-state index contributed by atoms with van der Waals surface area (Å²) in [6.45, 7) is 0.330. The van der Waals surface area contributed by atoms with Crippen LogP contribution < -0.4 is 5.32 Å². The fourth-order valence-corrected chi connectivity index (χ4v) is 2.47. The van der Waals surface area contributed by atoms with E-state index in [2.05, 4.69) is 5.32 Å². The van der Waals surface area contributed by atoms with E-state index in [1.54, 1.807) is 0 Å². The third-order valence-electron chi connectivity index (χ3n) is 3.55. The predicted octanol–water partition coefficient (Wildman–Crippen LogP) is 2.38. The molecule has 2 unspecified atom stereocenters. The van der Waals surface area contributed by atoms with Crippen LogP contribution in [0.2, 0.25) is 0 Å². The SMILES string of the molecule is O=C(NCC1CCCC(O)C1)c1cc(F)c(F)c(F)c1. The van der Waals surface area contributed by atoms with Gasteiger partial charge < -0.3 is 10.4 Å². The van der Waals surface area contributed by atoms with E-state index in [9.17, 15) is 23.1 Å². The first-order chi connectivity index (χ1) is 9.47. The first-order valence-electron chi connectivity index (χ1n) is 6.58. The summed E-state index contributed by atoms with van der Waals surface area (Å²) in [5.41, 5.74) is -0.252. The van der Waals surface area contributed by atoms with E-state index in [4.69, 9.17) is 0 Å². The van der Waals surface area contributed by atoms with Crippen LogP contribution in [0.25, 0.3) is 0 Å². The summed E-state index contributed by atoms with van der Waals surface area (Å²) in [7, 11) is 0. The molecular weight excluding hydrogens is 271 g/mol. The Morgan fingerprint density at radius 1 is 1.25 bits per heavy atom. The van der Waals surface area contributed by atoms with Crippen molar-refractivity contribution in [2.75, 3.05) is 6.54 Å². The average molecular weight is 287 g/mol. The smallest absolute Gasteiger partial charge is 0.251 e. The Labute approximate surface area is 114 Å². The first-order valence-corrected chi connectivity index (χ1v) is 6.58. The molecule has 1 fully saturated rings. The molecule has 1 saturated carbocycles. The van der Waals surface area contributed by atoms with Crippen molar-refractivity contribution < 1.29 is 23.1 Å². The number of aliphatic hydroxyl groups is 1. The molecule has 1 aliphatic carbocycles. The normalized spacial score (nSPS) is 22.6. The van der Waals surface area contributed by atoms with Gasteiger partial charge in [-0.25, -0.2) is 13.2 Å². The number of hydrogen-bond donors (Lipinski definition) is 2. The number of amides is 1. The van der Waals surface area contributed by atoms with Crippen molar-refractivity contribution >= 4 is 5.91 Å². The summed E-state index contributed by atoms with van der Waals surface area (Å²) in [5, 5.41) is 12.1. The number of aliphatic hydroxyl groups excluding tert-OH is 1. The zero-order chi connectivity index (χ0) is 14.7. The van der Waals surface area contributed by atoms with Gasteiger partial charge >= 0.3 is 0 Å². The van der Waals surface area contributed by atoms with Crippen molar-refractivity contribution in [1.29, 1.82) is 0 Å². The molecule has 1 aromatic carbocycles. The molecule has 110 valence electrons. The van der Waals surface area contributed by atoms with E-state index in [-0.39, 0.29) is 17.6 Å². The number of rotatable bonds is 3. The van der Waals surface area contributed by atoms with Crippen molar-refractivity contribution in [3.63, 3.8) is 0 Å². The summed E-state index contributed by atoms with van der Waals surface area (Å²) in [6.07, 6.45) is 2.79. The van der Waals surface area contributed by atoms with Gasteiger partial charge in [-0.2, -0.15) is 0 Å². The van der Waals surface area contributed by atoms with Gasteiger partial charge in [0.25, 0.3) is 5.91 Å². The highest BCUT2D eigenvalue weighted by molar-refractivity contribution is 5.94. The molecule has 1 aromatic rings. The lowest BCUT2D eigenvalue weighted by Gasteiger charge is -2.25. The Bertz CT molecular complexity index is 484. The maximum absolute atomic E-state index is 13.0. The Balaban J connectivity index is 1.95. The standard InChI is InChI=1S/C14H16F3NO2/c15-11-5-9(6-12(16)13(11)17)14(20)18-7-8-2-1-3-10(19)4-8/h5-6,8,10,19H,1-4,7H2,(H,18,20). The summed E-state index contributed by atoms with van der Waals surface area (Å²) in [5.74, 6) is -4.86. The second-order valence-corrected chi connectivity index (χ2v) is 5.15. The minimum atomic E-state index is -1.59. The molecule has 0 spiro atoms. The molecule has 2 rings (SSSR count). The zero-order valence-electron chi connectivity index (χ0n) is 10.8. The van der Waals surface area contributed by atoms with Gasteiger partial charge in [-0.05, 0) is 37.3 Å². The molecule has 20 heavy (non-hydrogen) atoms. The van der Waals surface area contributed by atoms with Gasteiger partial charge in [-0.1, -0.05) is 6.42 Å². The maximum atomic E-state index is 13.0. The van der Waals surface area contributed by atoms with Gasteiger partial charge in [0.05, 0.1) is 6.10 Å². The molecule has 1 amide bonds. The zero-order valence-corrected chi connectivity index (χ0v) is 10.8. The van der Waals surface area contributed by atoms with E-state index >= 15 is 0 Å². The van der Waals surface area contributed by atoms with Crippen molar-refractivity contribution in [2.24, 2.45) is 5.92 Å². The summed E-state index contributed by atoms with van der Waals surface area (Å²) in [4.78, 5) is 11.8. The van der Waals surface area contributed by atoms with Gasteiger partial charge in [0.15, 0.2) is 17.5 Å². The number of carbonyl (C=O) groups is 1. The second kappa shape index (κ2) is 6.26. The lowest BCUT2D eigenvalue weighted by atomic mass is 9.87. The van der Waals surface area contributed by atoms with E-state index in [1.807, 2.05) is 0 Å². The molecule has 3 nitrogen and oxygen atoms in total. The highest BCUT2D eigenvalue weighted by atomic mass is 19.2. The monoisotopic (exact) mass is 287 g/mol. The van der Waals surface area contributed by atoms with Crippen molar-refractivity contribution in [3.05, 3.63) is 35.1 Å². The molecular formula is C14H16F3NO2. The molecule has 2 N–H and O–H groups in total. The van der Waals surface area contributed by atoms with Gasteiger partial charge in [-0.15, -0.1) is 0 Å². The highest BCUT2D eigenvalue weighted by Crippen LogP contribution is 2.23. The number of halogens is 3. The second-order valence-electron chi connectivity index (χ2n) is 5.15. The van der Waals surface area contributed by atoms with Gasteiger partial charge in [0.2, 0.25) is 0 Å². The minimum absolute atomic E-state index is 0.151. The molecule has 2 atom stereocenters. The van der Waals surface area contributed by atoms with Crippen molar-refractivity contribution in [1.82, 2.24) is 5.32 Å². The van der Waals surface area contributed by atoms with Crippen LogP contribution in [0.4, 0.5) is 13.2 Å². The molecule has 6 heteroatoms. The average Bonchev–Trinajstić information content (AvgIpc) is 2.41. The largest absolute Gasteiger partial charge is 0.393 e. The Hall–Kier alpha value is -1.56. The Morgan fingerprint density at radius 3 is 2.50 bits per heavy atom. The van der Waals surface area contributed by atoms with Crippen LogP contribution in [-0.2, 0) is 0 Å². The lowest BCUT2D eigenvalue weighted by Crippen LogP contribution is -2.33. The third kappa shape index (κ3) is 3.50. The quantitative estimate of drug-likeness (QED) is 0.839. The van der Waals surface area contributed by atoms with Crippen molar-refractivity contribution in [2.45, 2.75) is 31.8 Å². The van der Waals surface area contributed by atoms with E-state index in [0.29, 0.717) is 25.1 Å². The number of carbonyl (C=O) groups excluding carboxylic acids is 1. The van der Waals surface area contributed by atoms with Crippen LogP contribution in [0, 0.1) is 23.4 Å². The van der Waals surface area contributed by atoms with Crippen LogP contribution in [0.5, 0.6) is 0 Å². The number of benzene rings is 1. The molecule has 1 aliphatic rings. The van der Waals surface area contributed by atoms with E-state index < -0.39 is 23.4 Å².